The number of pyridine rings is 1. The van der Waals surface area contributed by atoms with Gasteiger partial charge in [0.1, 0.15) is 6.04 Å². The second kappa shape index (κ2) is 10.3. The molecule has 9 nitrogen and oxygen atoms in total. The molecule has 2 aliphatic rings. The zero-order chi connectivity index (χ0) is 24.4. The number of likely N-dealkylation sites (tertiary alicyclic amines) is 1. The predicted octanol–water partition coefficient (Wildman–Crippen LogP) is 3.56. The fraction of sp³-hybridized carbons (Fsp3) is 0.577. The lowest BCUT2D eigenvalue weighted by atomic mass is 9.93. The number of rotatable bonds is 7. The Hall–Kier alpha value is -3.07. The molecule has 1 N–H and O–H groups in total. The topological polar surface area (TPSA) is 106 Å². The molecule has 0 spiro atoms. The molecule has 1 atom stereocenters. The van der Waals surface area contributed by atoms with Crippen LogP contribution >= 0.6 is 0 Å². The quantitative estimate of drug-likeness (QED) is 0.518. The third-order valence-electron chi connectivity index (χ3n) is 7.59. The van der Waals surface area contributed by atoms with Gasteiger partial charge in [0, 0.05) is 24.2 Å². The van der Waals surface area contributed by atoms with E-state index in [9.17, 15) is 9.59 Å². The van der Waals surface area contributed by atoms with Gasteiger partial charge < -0.3 is 9.72 Å². The number of H-pyrrole nitrogens is 1. The third kappa shape index (κ3) is 4.74. The predicted molar refractivity (Wildman–Crippen MR) is 132 cm³/mol. The zero-order valence-electron chi connectivity index (χ0n) is 20.6. The number of nitrogens with one attached hydrogen (secondary N) is 1. The van der Waals surface area contributed by atoms with E-state index >= 15 is 0 Å². The smallest absolute Gasteiger partial charge is 0.309 e. The SMILES string of the molecule is CCOC(=O)C1CCN([C@@H](c2cc3cc(CC)ccc3[nH]c2=O)c2nnnn2C2CCCC2)CC1. The van der Waals surface area contributed by atoms with Crippen LogP contribution in [0.1, 0.15) is 81.4 Å². The Morgan fingerprint density at radius 1 is 1.14 bits per heavy atom. The number of carbonyl (C=O) groups is 1. The Morgan fingerprint density at radius 3 is 2.63 bits per heavy atom. The maximum absolute atomic E-state index is 13.4. The van der Waals surface area contributed by atoms with Gasteiger partial charge in [-0.05, 0) is 78.6 Å². The molecule has 9 heteroatoms. The molecule has 3 aromatic rings. The normalized spacial score (nSPS) is 18.8. The summed E-state index contributed by atoms with van der Waals surface area (Å²) in [4.78, 5) is 31.1. The first kappa shape index (κ1) is 23.7. The molecule has 2 fully saturated rings. The molecule has 1 saturated heterocycles. The summed E-state index contributed by atoms with van der Waals surface area (Å²) >= 11 is 0. The first-order chi connectivity index (χ1) is 17.1. The number of benzene rings is 1. The van der Waals surface area contributed by atoms with Crippen LogP contribution in [0.15, 0.2) is 29.1 Å². The average molecular weight is 479 g/mol. The zero-order valence-corrected chi connectivity index (χ0v) is 20.6. The van der Waals surface area contributed by atoms with Crippen molar-refractivity contribution in [2.75, 3.05) is 19.7 Å². The van der Waals surface area contributed by atoms with Crippen molar-refractivity contribution in [2.45, 2.75) is 70.9 Å². The number of hydrogen-bond acceptors (Lipinski definition) is 7. The molecule has 0 bridgehead atoms. The fourth-order valence-electron chi connectivity index (χ4n) is 5.64. The van der Waals surface area contributed by atoms with Crippen LogP contribution in [0, 0.1) is 5.92 Å². The van der Waals surface area contributed by atoms with Crippen LogP contribution in [0.2, 0.25) is 0 Å². The minimum Gasteiger partial charge on any atom is -0.466 e. The summed E-state index contributed by atoms with van der Waals surface area (Å²) in [7, 11) is 0. The van der Waals surface area contributed by atoms with Gasteiger partial charge in [0.2, 0.25) is 0 Å². The molecular weight excluding hydrogens is 444 g/mol. The van der Waals surface area contributed by atoms with Gasteiger partial charge in [-0.3, -0.25) is 14.5 Å². The van der Waals surface area contributed by atoms with E-state index in [1.165, 1.54) is 5.56 Å². The first-order valence-corrected chi connectivity index (χ1v) is 12.9. The molecule has 5 rings (SSSR count). The molecule has 0 unspecified atom stereocenters. The first-order valence-electron chi connectivity index (χ1n) is 12.9. The molecular formula is C26H34N6O3. The number of piperidine rings is 1. The lowest BCUT2D eigenvalue weighted by molar-refractivity contribution is -0.149. The molecule has 1 aromatic carbocycles. The highest BCUT2D eigenvalue weighted by Gasteiger charge is 2.36. The minimum atomic E-state index is -0.382. The minimum absolute atomic E-state index is 0.111. The van der Waals surface area contributed by atoms with E-state index in [2.05, 4.69) is 44.5 Å². The van der Waals surface area contributed by atoms with Crippen molar-refractivity contribution in [2.24, 2.45) is 5.92 Å². The van der Waals surface area contributed by atoms with Gasteiger partial charge in [0.25, 0.3) is 5.56 Å². The van der Waals surface area contributed by atoms with Crippen molar-refractivity contribution in [1.29, 1.82) is 0 Å². The number of hydrogen-bond donors (Lipinski definition) is 1. The van der Waals surface area contributed by atoms with Crippen LogP contribution in [0.3, 0.4) is 0 Å². The van der Waals surface area contributed by atoms with E-state index in [1.54, 1.807) is 0 Å². The molecule has 1 saturated carbocycles. The summed E-state index contributed by atoms with van der Waals surface area (Å²) < 4.78 is 7.21. The Labute approximate surface area is 204 Å². The number of aryl methyl sites for hydroxylation is 1. The summed E-state index contributed by atoms with van der Waals surface area (Å²) in [6.45, 7) is 5.68. The highest BCUT2D eigenvalue weighted by atomic mass is 16.5. The van der Waals surface area contributed by atoms with E-state index in [4.69, 9.17) is 4.74 Å². The Morgan fingerprint density at radius 2 is 1.91 bits per heavy atom. The Balaban J connectivity index is 1.55. The molecule has 0 amide bonds. The van der Waals surface area contributed by atoms with E-state index in [1.807, 2.05) is 23.7 Å². The summed E-state index contributed by atoms with van der Waals surface area (Å²) in [6.07, 6.45) is 6.71. The number of aromatic nitrogens is 5. The van der Waals surface area contributed by atoms with E-state index < -0.39 is 0 Å². The highest BCUT2D eigenvalue weighted by molar-refractivity contribution is 5.80. The number of tetrazole rings is 1. The van der Waals surface area contributed by atoms with Crippen LogP contribution in [-0.4, -0.2) is 55.8 Å². The van der Waals surface area contributed by atoms with Crippen molar-refractivity contribution < 1.29 is 9.53 Å². The number of esters is 1. The van der Waals surface area contributed by atoms with Crippen LogP contribution in [0.25, 0.3) is 10.9 Å². The second-order valence-electron chi connectivity index (χ2n) is 9.71. The largest absolute Gasteiger partial charge is 0.466 e. The van der Waals surface area contributed by atoms with Crippen molar-refractivity contribution >= 4 is 16.9 Å². The van der Waals surface area contributed by atoms with Crippen molar-refractivity contribution in [1.82, 2.24) is 30.1 Å². The molecule has 1 aliphatic carbocycles. The highest BCUT2D eigenvalue weighted by Crippen LogP contribution is 2.35. The standard InChI is InChI=1S/C26H34N6O3/c1-3-17-9-10-22-19(15-17)16-21(25(33)27-22)23(24-28-29-30-32(24)20-7-5-6-8-20)31-13-11-18(12-14-31)26(34)35-4-2/h9-10,15-16,18,20,23H,3-8,11-14H2,1-2H3,(H,27,33)/t23-/m0/s1. The maximum Gasteiger partial charge on any atom is 0.309 e. The molecule has 2 aromatic heterocycles. The Kier molecular flexibility index (Phi) is 6.95. The monoisotopic (exact) mass is 478 g/mol. The van der Waals surface area contributed by atoms with Gasteiger partial charge in [-0.2, -0.15) is 0 Å². The van der Waals surface area contributed by atoms with Crippen molar-refractivity contribution in [3.8, 4) is 0 Å². The van der Waals surface area contributed by atoms with Crippen LogP contribution < -0.4 is 5.56 Å². The van der Waals surface area contributed by atoms with Crippen molar-refractivity contribution in [3.05, 3.63) is 51.6 Å². The Bertz CT molecular complexity index is 1240. The number of aromatic amines is 1. The lowest BCUT2D eigenvalue weighted by Crippen LogP contribution is -2.42. The van der Waals surface area contributed by atoms with Gasteiger partial charge in [-0.25, -0.2) is 4.68 Å². The second-order valence-corrected chi connectivity index (χ2v) is 9.71. The van der Waals surface area contributed by atoms with E-state index in [-0.39, 0.29) is 29.5 Å². The molecule has 186 valence electrons. The number of ether oxygens (including phenoxy) is 1. The van der Waals surface area contributed by atoms with Crippen LogP contribution in [0.5, 0.6) is 0 Å². The summed E-state index contributed by atoms with van der Waals surface area (Å²) in [5.74, 6) is 0.470. The number of carbonyl (C=O) groups excluding carboxylic acids is 1. The number of nitrogens with zero attached hydrogens (tertiary/aromatic N) is 5. The van der Waals surface area contributed by atoms with Gasteiger partial charge in [0.05, 0.1) is 18.6 Å². The van der Waals surface area contributed by atoms with Crippen molar-refractivity contribution in [3.63, 3.8) is 0 Å². The molecule has 3 heterocycles. The summed E-state index contributed by atoms with van der Waals surface area (Å²) in [5.41, 5.74) is 2.57. The van der Waals surface area contributed by atoms with Gasteiger partial charge in [0.15, 0.2) is 5.82 Å². The maximum atomic E-state index is 13.4. The van der Waals surface area contributed by atoms with E-state index in [0.717, 1.165) is 43.0 Å². The average Bonchev–Trinajstić information content (AvgIpc) is 3.57. The van der Waals surface area contributed by atoms with Gasteiger partial charge in [-0.1, -0.05) is 25.8 Å². The number of fused-ring (bicyclic) bond motifs is 1. The van der Waals surface area contributed by atoms with Crippen LogP contribution in [0.4, 0.5) is 0 Å². The summed E-state index contributed by atoms with van der Waals surface area (Å²) in [6, 6.07) is 8.04. The van der Waals surface area contributed by atoms with E-state index in [0.29, 0.717) is 43.9 Å². The summed E-state index contributed by atoms with van der Waals surface area (Å²) in [5, 5.41) is 13.9. The molecule has 0 radical (unpaired) electrons. The fourth-order valence-corrected chi connectivity index (χ4v) is 5.64. The molecule has 1 aliphatic heterocycles. The lowest BCUT2D eigenvalue weighted by Gasteiger charge is -2.36. The third-order valence-corrected chi connectivity index (χ3v) is 7.59. The van der Waals surface area contributed by atoms with Crippen LogP contribution in [-0.2, 0) is 16.0 Å². The van der Waals surface area contributed by atoms with Gasteiger partial charge >= 0.3 is 5.97 Å². The molecule has 35 heavy (non-hydrogen) atoms. The van der Waals surface area contributed by atoms with Gasteiger partial charge in [-0.15, -0.1) is 5.10 Å².